The first-order chi connectivity index (χ1) is 15.3. The van der Waals surface area contributed by atoms with Gasteiger partial charge in [0.2, 0.25) is 17.6 Å². The van der Waals surface area contributed by atoms with Crippen LogP contribution < -0.4 is 5.32 Å². The van der Waals surface area contributed by atoms with Gasteiger partial charge in [-0.1, -0.05) is 23.7 Å². The van der Waals surface area contributed by atoms with Gasteiger partial charge in [-0.15, -0.1) is 11.3 Å². The monoisotopic (exact) mass is 498 g/mol. The summed E-state index contributed by atoms with van der Waals surface area (Å²) in [7, 11) is -3.71. The summed E-state index contributed by atoms with van der Waals surface area (Å²) in [5, 5.41) is 8.35. The molecule has 0 saturated carbocycles. The lowest BCUT2D eigenvalue weighted by Crippen LogP contribution is -2.41. The van der Waals surface area contributed by atoms with Crippen LogP contribution in [-0.2, 0) is 21.2 Å². The number of anilines is 1. The summed E-state index contributed by atoms with van der Waals surface area (Å²) in [6.45, 7) is 2.27. The van der Waals surface area contributed by atoms with E-state index in [9.17, 15) is 17.6 Å². The van der Waals surface area contributed by atoms with Gasteiger partial charge in [0, 0.05) is 41.4 Å². The van der Waals surface area contributed by atoms with Gasteiger partial charge in [-0.3, -0.25) is 4.79 Å². The van der Waals surface area contributed by atoms with E-state index < -0.39 is 21.8 Å². The van der Waals surface area contributed by atoms with Crippen molar-refractivity contribution in [3.8, 4) is 11.4 Å². The van der Waals surface area contributed by atoms with Crippen molar-refractivity contribution in [3.05, 3.63) is 46.4 Å². The lowest BCUT2D eigenvalue weighted by molar-refractivity contribution is -0.120. The summed E-state index contributed by atoms with van der Waals surface area (Å²) in [6, 6.07) is 5.55. The minimum Gasteiger partial charge on any atom is -0.339 e. The van der Waals surface area contributed by atoms with Crippen LogP contribution in [-0.4, -0.2) is 41.9 Å². The number of hydrogen-bond donors (Lipinski definition) is 1. The average molecular weight is 499 g/mol. The topological polar surface area (TPSA) is 105 Å². The molecule has 2 aromatic heterocycles. The molecule has 1 aromatic carbocycles. The number of thiophene rings is 1. The smallest absolute Gasteiger partial charge is 0.252 e. The van der Waals surface area contributed by atoms with Gasteiger partial charge in [-0.2, -0.15) is 9.29 Å². The van der Waals surface area contributed by atoms with Crippen LogP contribution in [0.2, 0.25) is 5.02 Å². The highest BCUT2D eigenvalue weighted by Crippen LogP contribution is 2.31. The van der Waals surface area contributed by atoms with Crippen LogP contribution >= 0.6 is 22.9 Å². The molecule has 0 atom stereocenters. The number of piperidine rings is 1. The zero-order chi connectivity index (χ0) is 22.9. The number of sulfonamides is 1. The van der Waals surface area contributed by atoms with Crippen LogP contribution in [0.4, 0.5) is 10.1 Å². The van der Waals surface area contributed by atoms with E-state index in [2.05, 4.69) is 15.5 Å². The molecule has 170 valence electrons. The van der Waals surface area contributed by atoms with E-state index >= 15 is 0 Å². The van der Waals surface area contributed by atoms with Crippen molar-refractivity contribution < 1.29 is 22.1 Å². The molecule has 1 N–H and O–H groups in total. The molecule has 3 heterocycles. The average Bonchev–Trinajstić information content (AvgIpc) is 3.45. The number of nitrogens with one attached hydrogen (secondary N) is 1. The fourth-order valence-electron chi connectivity index (χ4n) is 3.40. The predicted octanol–water partition coefficient (Wildman–Crippen LogP) is 4.19. The summed E-state index contributed by atoms with van der Waals surface area (Å²) in [5.41, 5.74) is 0.629. The molecule has 1 fully saturated rings. The maximum absolute atomic E-state index is 13.9. The van der Waals surface area contributed by atoms with Crippen LogP contribution in [0.5, 0.6) is 0 Å². The van der Waals surface area contributed by atoms with E-state index in [-0.39, 0.29) is 33.9 Å². The molecule has 1 aliphatic heterocycles. The van der Waals surface area contributed by atoms with Gasteiger partial charge in [0.25, 0.3) is 10.0 Å². The Kier molecular flexibility index (Phi) is 6.61. The molecule has 8 nitrogen and oxygen atoms in total. The molecule has 32 heavy (non-hydrogen) atoms. The largest absolute Gasteiger partial charge is 0.339 e. The SMILES string of the molecule is CCc1nc(-c2csc(S(=O)(=O)N3CCC(C(=O)Nc4ccc(Cl)cc4F)CC3)c2)no1. The Balaban J connectivity index is 1.39. The zero-order valence-corrected chi connectivity index (χ0v) is 19.4. The van der Waals surface area contributed by atoms with Crippen molar-refractivity contribution in [1.29, 1.82) is 0 Å². The van der Waals surface area contributed by atoms with Gasteiger partial charge in [0.15, 0.2) is 0 Å². The van der Waals surface area contributed by atoms with E-state index in [1.165, 1.54) is 22.5 Å². The zero-order valence-electron chi connectivity index (χ0n) is 17.0. The van der Waals surface area contributed by atoms with Crippen molar-refractivity contribution in [2.45, 2.75) is 30.4 Å². The number of carbonyl (C=O) groups excluding carboxylic acids is 1. The second-order valence-electron chi connectivity index (χ2n) is 7.31. The Morgan fingerprint density at radius 3 is 2.75 bits per heavy atom. The molecule has 1 saturated heterocycles. The normalized spacial score (nSPS) is 15.7. The van der Waals surface area contributed by atoms with E-state index in [0.29, 0.717) is 36.5 Å². The number of rotatable bonds is 6. The Bertz CT molecular complexity index is 1240. The molecule has 3 aromatic rings. The fourth-order valence-corrected chi connectivity index (χ4v) is 6.34. The molecule has 0 bridgehead atoms. The molecule has 1 aliphatic rings. The standard InChI is InChI=1S/C20H20ClFN4O4S2/c1-2-17-24-19(25-30-17)13-9-18(31-11-13)32(28,29)26-7-5-12(6-8-26)20(27)23-16-4-3-14(21)10-15(16)22/h3-4,9-12H,2,5-8H2,1H3,(H,23,27). The first kappa shape index (κ1) is 22.8. The third-order valence-electron chi connectivity index (χ3n) is 5.21. The second-order valence-corrected chi connectivity index (χ2v) is 10.8. The summed E-state index contributed by atoms with van der Waals surface area (Å²) >= 11 is 6.82. The van der Waals surface area contributed by atoms with E-state index in [1.54, 1.807) is 5.38 Å². The summed E-state index contributed by atoms with van der Waals surface area (Å²) in [4.78, 5) is 16.7. The van der Waals surface area contributed by atoms with Crippen molar-refractivity contribution in [2.75, 3.05) is 18.4 Å². The molecule has 0 aliphatic carbocycles. The summed E-state index contributed by atoms with van der Waals surface area (Å²) in [6.07, 6.45) is 1.27. The van der Waals surface area contributed by atoms with Crippen molar-refractivity contribution in [3.63, 3.8) is 0 Å². The highest BCUT2D eigenvalue weighted by atomic mass is 35.5. The molecule has 0 radical (unpaired) electrons. The van der Waals surface area contributed by atoms with Crippen LogP contribution in [0.1, 0.15) is 25.7 Å². The third kappa shape index (κ3) is 4.70. The van der Waals surface area contributed by atoms with Gasteiger partial charge in [-0.25, -0.2) is 12.8 Å². The number of aryl methyl sites for hydroxylation is 1. The highest BCUT2D eigenvalue weighted by Gasteiger charge is 2.33. The Morgan fingerprint density at radius 1 is 1.34 bits per heavy atom. The van der Waals surface area contributed by atoms with E-state index in [1.807, 2.05) is 6.92 Å². The fraction of sp³-hybridized carbons (Fsp3) is 0.350. The lowest BCUT2D eigenvalue weighted by Gasteiger charge is -2.30. The number of nitrogens with zero attached hydrogens (tertiary/aromatic N) is 3. The van der Waals surface area contributed by atoms with Crippen LogP contribution in [0.15, 0.2) is 38.4 Å². The third-order valence-corrected chi connectivity index (χ3v) is 8.76. The van der Waals surface area contributed by atoms with Gasteiger partial charge < -0.3 is 9.84 Å². The van der Waals surface area contributed by atoms with E-state index in [4.69, 9.17) is 16.1 Å². The molecule has 12 heteroatoms. The lowest BCUT2D eigenvalue weighted by atomic mass is 9.97. The number of hydrogen-bond acceptors (Lipinski definition) is 7. The number of aromatic nitrogens is 2. The van der Waals surface area contributed by atoms with Crippen LogP contribution in [0.3, 0.4) is 0 Å². The number of halogens is 2. The molecule has 1 amide bonds. The minimum atomic E-state index is -3.71. The van der Waals surface area contributed by atoms with Gasteiger partial charge in [-0.05, 0) is 37.1 Å². The summed E-state index contributed by atoms with van der Waals surface area (Å²) in [5.74, 6) is -0.543. The first-order valence-corrected chi connectivity index (χ1v) is 12.6. The van der Waals surface area contributed by atoms with Crippen molar-refractivity contribution >= 4 is 44.6 Å². The number of carbonyl (C=O) groups is 1. The van der Waals surface area contributed by atoms with Crippen LogP contribution in [0, 0.1) is 11.7 Å². The minimum absolute atomic E-state index is 0.0493. The Morgan fingerprint density at radius 2 is 2.09 bits per heavy atom. The molecular weight excluding hydrogens is 479 g/mol. The molecule has 0 spiro atoms. The Hall–Kier alpha value is -2.34. The van der Waals surface area contributed by atoms with Crippen molar-refractivity contribution in [2.24, 2.45) is 5.92 Å². The number of amides is 1. The molecule has 0 unspecified atom stereocenters. The maximum Gasteiger partial charge on any atom is 0.252 e. The molecular formula is C20H20ClFN4O4S2. The second kappa shape index (κ2) is 9.26. The van der Waals surface area contributed by atoms with Gasteiger partial charge in [0.05, 0.1) is 5.69 Å². The first-order valence-electron chi connectivity index (χ1n) is 9.95. The molecule has 4 rings (SSSR count). The van der Waals surface area contributed by atoms with Crippen LogP contribution in [0.25, 0.3) is 11.4 Å². The number of benzene rings is 1. The van der Waals surface area contributed by atoms with E-state index in [0.717, 1.165) is 17.4 Å². The van der Waals surface area contributed by atoms with Crippen molar-refractivity contribution in [1.82, 2.24) is 14.4 Å². The predicted molar refractivity (Wildman–Crippen MR) is 119 cm³/mol. The highest BCUT2D eigenvalue weighted by molar-refractivity contribution is 7.91. The Labute approximate surface area is 193 Å². The van der Waals surface area contributed by atoms with Gasteiger partial charge >= 0.3 is 0 Å². The maximum atomic E-state index is 13.9. The quantitative estimate of drug-likeness (QED) is 0.546. The van der Waals surface area contributed by atoms with Gasteiger partial charge in [0.1, 0.15) is 10.0 Å². The summed E-state index contributed by atoms with van der Waals surface area (Å²) < 4.78 is 46.7.